The molecule has 2 saturated heterocycles. The van der Waals surface area contributed by atoms with Gasteiger partial charge in [0.25, 0.3) is 0 Å². The van der Waals surface area contributed by atoms with Crippen LogP contribution in [0.15, 0.2) is 30.3 Å². The number of benzene rings is 1. The van der Waals surface area contributed by atoms with E-state index in [9.17, 15) is 9.59 Å². The predicted molar refractivity (Wildman–Crippen MR) is 111 cm³/mol. The molecule has 0 aromatic heterocycles. The number of hydrogen-bond donors (Lipinski definition) is 1. The van der Waals surface area contributed by atoms with Crippen molar-refractivity contribution in [3.8, 4) is 0 Å². The van der Waals surface area contributed by atoms with Crippen molar-refractivity contribution in [2.75, 3.05) is 33.2 Å². The first-order valence-electron chi connectivity index (χ1n) is 10.6. The molecule has 0 spiro atoms. The Kier molecular flexibility index (Phi) is 7.08. The van der Waals surface area contributed by atoms with Crippen molar-refractivity contribution in [1.29, 1.82) is 0 Å². The van der Waals surface area contributed by atoms with Crippen molar-refractivity contribution in [3.05, 3.63) is 35.9 Å². The summed E-state index contributed by atoms with van der Waals surface area (Å²) in [6, 6.07) is 10.6. The van der Waals surface area contributed by atoms with Crippen molar-refractivity contribution in [1.82, 2.24) is 20.0 Å². The van der Waals surface area contributed by atoms with E-state index in [1.165, 1.54) is 5.56 Å². The maximum Gasteiger partial charge on any atom is 0.239 e. The molecule has 2 heterocycles. The average Bonchev–Trinajstić information content (AvgIpc) is 3.07. The number of fused-ring (bicyclic) bond motifs is 1. The third-order valence-electron chi connectivity index (χ3n) is 6.39. The Morgan fingerprint density at radius 2 is 1.93 bits per heavy atom. The maximum atomic E-state index is 12.9. The molecule has 154 valence electrons. The van der Waals surface area contributed by atoms with Gasteiger partial charge in [0.05, 0.1) is 0 Å². The molecule has 0 saturated carbocycles. The van der Waals surface area contributed by atoms with Crippen molar-refractivity contribution in [2.45, 2.75) is 57.8 Å². The summed E-state index contributed by atoms with van der Waals surface area (Å²) in [5, 5.41) is 3.15. The minimum absolute atomic E-state index is 0.117. The SMILES string of the molecule is CCN(CC)C(=O)CCC1CNC(=O)C2C(CCN2Cc2ccccc2)N1C. The Bertz CT molecular complexity index is 662. The van der Waals surface area contributed by atoms with Crippen LogP contribution in [0.5, 0.6) is 0 Å². The summed E-state index contributed by atoms with van der Waals surface area (Å²) >= 11 is 0. The summed E-state index contributed by atoms with van der Waals surface area (Å²) in [5.41, 5.74) is 1.24. The number of carbonyl (C=O) groups is 2. The van der Waals surface area contributed by atoms with Crippen LogP contribution in [0, 0.1) is 0 Å². The Morgan fingerprint density at radius 1 is 1.21 bits per heavy atom. The van der Waals surface area contributed by atoms with E-state index < -0.39 is 0 Å². The number of nitrogens with one attached hydrogen (secondary N) is 1. The first-order valence-corrected chi connectivity index (χ1v) is 10.6. The lowest BCUT2D eigenvalue weighted by Crippen LogP contribution is -2.49. The standard InChI is InChI=1S/C22H34N4O2/c1-4-25(5-2)20(27)12-11-18-15-23-22(28)21-19(24(18)3)13-14-26(21)16-17-9-7-6-8-10-17/h6-10,18-19,21H,4-5,11-16H2,1-3H3,(H,23,28). The van der Waals surface area contributed by atoms with Gasteiger partial charge in [-0.1, -0.05) is 30.3 Å². The second-order valence-electron chi connectivity index (χ2n) is 7.93. The highest BCUT2D eigenvalue weighted by Crippen LogP contribution is 2.28. The molecule has 2 aliphatic rings. The fourth-order valence-electron chi connectivity index (χ4n) is 4.67. The molecule has 3 unspecified atom stereocenters. The molecule has 2 amide bonds. The lowest BCUT2D eigenvalue weighted by Gasteiger charge is -2.33. The van der Waals surface area contributed by atoms with Gasteiger partial charge in [-0.05, 0) is 39.3 Å². The van der Waals surface area contributed by atoms with Gasteiger partial charge in [-0.2, -0.15) is 0 Å². The minimum Gasteiger partial charge on any atom is -0.353 e. The molecule has 1 aromatic rings. The second-order valence-corrected chi connectivity index (χ2v) is 7.93. The summed E-state index contributed by atoms with van der Waals surface area (Å²) in [6.07, 6.45) is 2.31. The summed E-state index contributed by atoms with van der Waals surface area (Å²) in [5.74, 6) is 0.338. The van der Waals surface area contributed by atoms with Crippen LogP contribution in [0.1, 0.15) is 38.7 Å². The molecule has 0 bridgehead atoms. The van der Waals surface area contributed by atoms with E-state index in [-0.39, 0.29) is 29.9 Å². The van der Waals surface area contributed by atoms with Crippen LogP contribution in [-0.4, -0.2) is 77.9 Å². The quantitative estimate of drug-likeness (QED) is 0.775. The van der Waals surface area contributed by atoms with Crippen molar-refractivity contribution >= 4 is 11.8 Å². The predicted octanol–water partition coefficient (Wildman–Crippen LogP) is 1.71. The van der Waals surface area contributed by atoms with Crippen LogP contribution in [0.3, 0.4) is 0 Å². The lowest BCUT2D eigenvalue weighted by atomic mass is 10.0. The van der Waals surface area contributed by atoms with Crippen LogP contribution >= 0.6 is 0 Å². The zero-order valence-corrected chi connectivity index (χ0v) is 17.4. The molecule has 3 rings (SSSR count). The molecule has 1 N–H and O–H groups in total. The third kappa shape index (κ3) is 4.55. The zero-order chi connectivity index (χ0) is 20.1. The van der Waals surface area contributed by atoms with Crippen LogP contribution in [0.25, 0.3) is 0 Å². The van der Waals surface area contributed by atoms with E-state index in [4.69, 9.17) is 0 Å². The molecule has 28 heavy (non-hydrogen) atoms. The van der Waals surface area contributed by atoms with Crippen LogP contribution in [-0.2, 0) is 16.1 Å². The Morgan fingerprint density at radius 3 is 2.61 bits per heavy atom. The first kappa shape index (κ1) is 20.8. The largest absolute Gasteiger partial charge is 0.353 e. The zero-order valence-electron chi connectivity index (χ0n) is 17.4. The number of rotatable bonds is 7. The van der Waals surface area contributed by atoms with E-state index >= 15 is 0 Å². The molecular weight excluding hydrogens is 352 g/mol. The van der Waals surface area contributed by atoms with Gasteiger partial charge in [0.15, 0.2) is 0 Å². The van der Waals surface area contributed by atoms with Crippen molar-refractivity contribution < 1.29 is 9.59 Å². The van der Waals surface area contributed by atoms with Gasteiger partial charge in [0, 0.05) is 51.2 Å². The molecular formula is C22H34N4O2. The molecule has 6 heteroatoms. The summed E-state index contributed by atoms with van der Waals surface area (Å²) in [4.78, 5) is 31.8. The highest BCUT2D eigenvalue weighted by Gasteiger charge is 2.44. The van der Waals surface area contributed by atoms with Crippen LogP contribution in [0.2, 0.25) is 0 Å². The van der Waals surface area contributed by atoms with Gasteiger partial charge >= 0.3 is 0 Å². The van der Waals surface area contributed by atoms with Crippen molar-refractivity contribution in [2.24, 2.45) is 0 Å². The van der Waals surface area contributed by atoms with Gasteiger partial charge in [-0.3, -0.25) is 19.4 Å². The molecule has 0 aliphatic carbocycles. The van der Waals surface area contributed by atoms with E-state index in [0.29, 0.717) is 13.0 Å². The summed E-state index contributed by atoms with van der Waals surface area (Å²) < 4.78 is 0. The van der Waals surface area contributed by atoms with E-state index in [1.54, 1.807) is 0 Å². The number of carbonyl (C=O) groups excluding carboxylic acids is 2. The molecule has 2 fully saturated rings. The fourth-order valence-corrected chi connectivity index (χ4v) is 4.67. The molecule has 3 atom stereocenters. The molecule has 6 nitrogen and oxygen atoms in total. The van der Waals surface area contributed by atoms with E-state index in [1.807, 2.05) is 36.9 Å². The van der Waals surface area contributed by atoms with Crippen LogP contribution in [0.4, 0.5) is 0 Å². The number of likely N-dealkylation sites (tertiary alicyclic amines) is 1. The van der Waals surface area contributed by atoms with E-state index in [2.05, 4.69) is 34.3 Å². The Balaban J connectivity index is 1.64. The van der Waals surface area contributed by atoms with Gasteiger partial charge in [0.1, 0.15) is 6.04 Å². The van der Waals surface area contributed by atoms with Gasteiger partial charge in [-0.25, -0.2) is 0 Å². The molecule has 0 radical (unpaired) electrons. The first-order chi connectivity index (χ1) is 13.5. The van der Waals surface area contributed by atoms with Gasteiger partial charge < -0.3 is 10.2 Å². The lowest BCUT2D eigenvalue weighted by molar-refractivity contribution is -0.131. The second kappa shape index (κ2) is 9.52. The maximum absolute atomic E-state index is 12.9. The molecule has 2 aliphatic heterocycles. The topological polar surface area (TPSA) is 55.9 Å². The van der Waals surface area contributed by atoms with Gasteiger partial charge in [-0.15, -0.1) is 0 Å². The smallest absolute Gasteiger partial charge is 0.239 e. The monoisotopic (exact) mass is 386 g/mol. The Hall–Kier alpha value is -1.92. The fraction of sp³-hybridized carbons (Fsp3) is 0.636. The summed E-state index contributed by atoms with van der Waals surface area (Å²) in [7, 11) is 2.12. The number of amides is 2. The summed E-state index contributed by atoms with van der Waals surface area (Å²) in [6.45, 7) is 7.89. The third-order valence-corrected chi connectivity index (χ3v) is 6.39. The minimum atomic E-state index is -0.117. The Labute approximate surface area is 168 Å². The average molecular weight is 387 g/mol. The number of nitrogens with zero attached hydrogens (tertiary/aromatic N) is 3. The number of hydrogen-bond acceptors (Lipinski definition) is 4. The van der Waals surface area contributed by atoms with Crippen LogP contribution < -0.4 is 5.32 Å². The molecule has 1 aromatic carbocycles. The van der Waals surface area contributed by atoms with Crippen molar-refractivity contribution in [3.63, 3.8) is 0 Å². The highest BCUT2D eigenvalue weighted by atomic mass is 16.2. The highest BCUT2D eigenvalue weighted by molar-refractivity contribution is 5.83. The van der Waals surface area contributed by atoms with Gasteiger partial charge in [0.2, 0.25) is 11.8 Å². The number of likely N-dealkylation sites (N-methyl/N-ethyl adjacent to an activating group) is 1. The normalized spacial score (nSPS) is 25.8. The van der Waals surface area contributed by atoms with E-state index in [0.717, 1.165) is 39.0 Å².